The number of hydrogen-bond donors (Lipinski definition) is 1. The Morgan fingerprint density at radius 2 is 1.67 bits per heavy atom. The Morgan fingerprint density at radius 3 is 2.29 bits per heavy atom. The van der Waals surface area contributed by atoms with Crippen LogP contribution in [-0.2, 0) is 11.3 Å². The summed E-state index contributed by atoms with van der Waals surface area (Å²) in [5.74, 6) is -6.41. The molecule has 1 N–H and O–H groups in total. The van der Waals surface area contributed by atoms with E-state index in [2.05, 4.69) is 4.90 Å². The van der Waals surface area contributed by atoms with Gasteiger partial charge in [-0.15, -0.1) is 0 Å². The number of aliphatic hydroxyl groups is 1. The Morgan fingerprint density at radius 1 is 1.00 bits per heavy atom. The van der Waals surface area contributed by atoms with Crippen LogP contribution >= 0.6 is 0 Å². The van der Waals surface area contributed by atoms with E-state index in [1.807, 2.05) is 29.2 Å². The van der Waals surface area contributed by atoms with Crippen LogP contribution in [0.4, 0.5) is 26.7 Å². The summed E-state index contributed by atoms with van der Waals surface area (Å²) in [7, 11) is 3.46. The lowest BCUT2D eigenvalue weighted by Gasteiger charge is -2.56. The van der Waals surface area contributed by atoms with E-state index in [4.69, 9.17) is 0 Å². The van der Waals surface area contributed by atoms with Gasteiger partial charge in [-0.25, -0.2) is 4.79 Å². The Kier molecular flexibility index (Phi) is 7.99. The second-order valence-corrected chi connectivity index (χ2v) is 14.1. The van der Waals surface area contributed by atoms with E-state index in [1.165, 1.54) is 6.92 Å². The molecule has 0 bridgehead atoms. The molecule has 1 aliphatic heterocycles. The van der Waals surface area contributed by atoms with Gasteiger partial charge in [0.1, 0.15) is 5.60 Å². The first-order valence-electron chi connectivity index (χ1n) is 16.0. The van der Waals surface area contributed by atoms with Crippen molar-refractivity contribution in [2.24, 2.45) is 17.3 Å². The Balaban J connectivity index is 1.32. The first kappa shape index (κ1) is 32.2. The maximum Gasteiger partial charge on any atom is 0.456 e. The molecule has 3 fully saturated rings. The number of nitrogens with zero attached hydrogens (tertiary/aromatic N) is 3. The van der Waals surface area contributed by atoms with Gasteiger partial charge in [0.15, 0.2) is 5.78 Å². The average Bonchev–Trinajstić information content (AvgIpc) is 3.27. The molecule has 0 aromatic heterocycles. The molecule has 1 aromatic carbocycles. The minimum absolute atomic E-state index is 0.0127. The number of ketones is 1. The number of alkyl halides is 5. The first-order valence-corrected chi connectivity index (χ1v) is 16.0. The van der Waals surface area contributed by atoms with Crippen molar-refractivity contribution >= 4 is 11.8 Å². The van der Waals surface area contributed by atoms with E-state index in [0.717, 1.165) is 40.9 Å². The minimum atomic E-state index is -5.87. The number of benzene rings is 1. The number of carbonyl (C=O) groups is 2. The Labute approximate surface area is 260 Å². The zero-order chi connectivity index (χ0) is 32.5. The number of carbonyl (C=O) groups excluding carboxylic acids is 2. The van der Waals surface area contributed by atoms with Crippen molar-refractivity contribution in [3.63, 3.8) is 0 Å². The third-order valence-corrected chi connectivity index (χ3v) is 11.6. The molecule has 1 heterocycles. The van der Waals surface area contributed by atoms with Crippen LogP contribution in [0.15, 0.2) is 47.1 Å². The fourth-order valence-electron chi connectivity index (χ4n) is 9.21. The molecule has 246 valence electrons. The van der Waals surface area contributed by atoms with E-state index in [9.17, 15) is 27.9 Å². The van der Waals surface area contributed by atoms with Crippen LogP contribution in [0.3, 0.4) is 0 Å². The lowest BCUT2D eigenvalue weighted by atomic mass is 9.50. The van der Waals surface area contributed by atoms with E-state index >= 15 is 8.78 Å². The van der Waals surface area contributed by atoms with Crippen LogP contribution in [-0.4, -0.2) is 89.6 Å². The zero-order valence-electron chi connectivity index (χ0n) is 26.1. The van der Waals surface area contributed by atoms with Crippen molar-refractivity contribution in [1.29, 1.82) is 0 Å². The molecular weight excluding hydrogens is 593 g/mol. The largest absolute Gasteiger partial charge is 0.456 e. The van der Waals surface area contributed by atoms with Crippen molar-refractivity contribution in [2.75, 3.05) is 40.3 Å². The summed E-state index contributed by atoms with van der Waals surface area (Å²) in [6.07, 6.45) is -2.70. The van der Waals surface area contributed by atoms with Gasteiger partial charge >= 0.3 is 18.1 Å². The van der Waals surface area contributed by atoms with Gasteiger partial charge in [0.2, 0.25) is 0 Å². The highest BCUT2D eigenvalue weighted by atomic mass is 19.4. The fourth-order valence-corrected chi connectivity index (χ4v) is 9.21. The normalized spacial score (nSPS) is 32.6. The third-order valence-electron chi connectivity index (χ3n) is 11.6. The maximum atomic E-state index is 15.2. The van der Waals surface area contributed by atoms with Crippen molar-refractivity contribution in [3.05, 3.63) is 58.2 Å². The highest BCUT2D eigenvalue weighted by molar-refractivity contribution is 5.93. The zero-order valence-corrected chi connectivity index (χ0v) is 26.1. The van der Waals surface area contributed by atoms with Crippen LogP contribution in [0.5, 0.6) is 0 Å². The molecule has 5 atom stereocenters. The Bertz CT molecular complexity index is 1410. The van der Waals surface area contributed by atoms with E-state index < -0.39 is 41.4 Å². The Hall–Kier alpha value is -2.79. The smallest absolute Gasteiger partial charge is 0.383 e. The summed E-state index contributed by atoms with van der Waals surface area (Å²) in [6.45, 7) is 4.81. The number of rotatable bonds is 4. The summed E-state index contributed by atoms with van der Waals surface area (Å²) >= 11 is 0. The van der Waals surface area contributed by atoms with Crippen molar-refractivity contribution < 1.29 is 36.6 Å². The van der Waals surface area contributed by atoms with Gasteiger partial charge in [0.05, 0.1) is 0 Å². The summed E-state index contributed by atoms with van der Waals surface area (Å²) in [5, 5.41) is 11.5. The fraction of sp³-hybridized carbons (Fsp3) is 0.647. The number of urea groups is 1. The number of allylic oxidation sites excluding steroid dienone is 4. The van der Waals surface area contributed by atoms with Crippen molar-refractivity contribution in [1.82, 2.24) is 14.7 Å². The van der Waals surface area contributed by atoms with Crippen molar-refractivity contribution in [3.8, 4) is 0 Å². The van der Waals surface area contributed by atoms with Gasteiger partial charge in [0.25, 0.3) is 0 Å². The molecule has 1 aromatic rings. The minimum Gasteiger partial charge on any atom is -0.383 e. The molecule has 0 radical (unpaired) electrons. The van der Waals surface area contributed by atoms with Crippen LogP contribution in [0, 0.1) is 17.3 Å². The molecule has 6 rings (SSSR count). The van der Waals surface area contributed by atoms with Gasteiger partial charge in [-0.05, 0) is 78.7 Å². The molecule has 11 heteroatoms. The van der Waals surface area contributed by atoms with Gasteiger partial charge in [-0.3, -0.25) is 9.69 Å². The van der Waals surface area contributed by atoms with Gasteiger partial charge in [-0.2, -0.15) is 22.0 Å². The number of fused-ring (bicyclic) bond motifs is 4. The average molecular weight is 636 g/mol. The predicted molar refractivity (Wildman–Crippen MR) is 159 cm³/mol. The number of piperazine rings is 1. The molecule has 0 spiro atoms. The lowest BCUT2D eigenvalue weighted by Crippen LogP contribution is -2.65. The van der Waals surface area contributed by atoms with E-state index in [0.29, 0.717) is 45.3 Å². The molecule has 0 unspecified atom stereocenters. The van der Waals surface area contributed by atoms with Crippen LogP contribution in [0.1, 0.15) is 68.9 Å². The number of amides is 2. The van der Waals surface area contributed by atoms with Crippen LogP contribution in [0.25, 0.3) is 0 Å². The quantitative estimate of drug-likeness (QED) is 0.394. The van der Waals surface area contributed by atoms with Crippen LogP contribution < -0.4 is 0 Å². The SMILES string of the molecule is CN(C)C(=O)N1CCN(Cc2ccc([C@H]3C[C@@]4(C)[C@@H](CC[C@@]4(O)C(F)(F)C(F)(F)F)[C@@H]4CCC5=CC(=O)CCC5=C43)cc2)CC1. The van der Waals surface area contributed by atoms with E-state index in [-0.39, 0.29) is 30.6 Å². The topological polar surface area (TPSA) is 64.1 Å². The van der Waals surface area contributed by atoms with Gasteiger partial charge in [-0.1, -0.05) is 36.8 Å². The third kappa shape index (κ3) is 5.12. The van der Waals surface area contributed by atoms with Crippen LogP contribution in [0.2, 0.25) is 0 Å². The first-order chi connectivity index (χ1) is 21.1. The monoisotopic (exact) mass is 635 g/mol. The summed E-state index contributed by atoms with van der Waals surface area (Å²) in [5.41, 5.74) is 0.0692. The van der Waals surface area contributed by atoms with Crippen molar-refractivity contribution in [2.45, 2.75) is 82.0 Å². The molecule has 6 nitrogen and oxygen atoms in total. The predicted octanol–water partition coefficient (Wildman–Crippen LogP) is 6.31. The molecule has 1 saturated heterocycles. The molecule has 4 aliphatic carbocycles. The molecule has 2 saturated carbocycles. The number of halogens is 5. The molecule has 2 amide bonds. The summed E-state index contributed by atoms with van der Waals surface area (Å²) in [6, 6.07) is 7.85. The highest BCUT2D eigenvalue weighted by Gasteiger charge is 2.79. The summed E-state index contributed by atoms with van der Waals surface area (Å²) < 4.78 is 71.9. The molecule has 5 aliphatic rings. The maximum absolute atomic E-state index is 15.2. The number of hydrogen-bond acceptors (Lipinski definition) is 4. The highest BCUT2D eigenvalue weighted by Crippen LogP contribution is 2.70. The second-order valence-electron chi connectivity index (χ2n) is 14.1. The van der Waals surface area contributed by atoms with Gasteiger partial charge in [0, 0.05) is 64.6 Å². The standard InChI is InChI=1S/C34H42F5N3O3/c1-31-19-27(22-6-4-21(5-7-22)20-41-14-16-42(17-15-41)30(44)40(2)3)29-25-11-9-24(43)18-23(25)8-10-26(29)28(31)12-13-32(31,45)33(35,36)34(37,38)39/h4-7,18,26-28,45H,8-17,19-20H2,1-3H3/t26-,27+,28-,31-,32-/m0/s1. The second kappa shape index (κ2) is 11.2. The lowest BCUT2D eigenvalue weighted by molar-refractivity contribution is -0.362. The molecule has 45 heavy (non-hydrogen) atoms. The summed E-state index contributed by atoms with van der Waals surface area (Å²) in [4.78, 5) is 30.2. The molecular formula is C34H42F5N3O3. The van der Waals surface area contributed by atoms with E-state index in [1.54, 1.807) is 25.1 Å². The van der Waals surface area contributed by atoms with Gasteiger partial charge < -0.3 is 14.9 Å².